The maximum Gasteiger partial charge on any atom is 0.223 e. The quantitative estimate of drug-likeness (QED) is 0.503. The molecule has 3 heterocycles. The number of aromatic nitrogens is 5. The van der Waals surface area contributed by atoms with Crippen molar-refractivity contribution >= 4 is 33.7 Å². The van der Waals surface area contributed by atoms with Gasteiger partial charge in [-0.2, -0.15) is 5.10 Å². The van der Waals surface area contributed by atoms with E-state index in [1.54, 1.807) is 18.5 Å². The van der Waals surface area contributed by atoms with Gasteiger partial charge in [0.1, 0.15) is 12.4 Å². The number of carbonyl (C=O) groups excluding carboxylic acids is 1. The standard InChI is InChI=1S/C17H15FN6O2/c1-9-14(6-20-17(22-9)19-5-11(26)8-25)24-13-3-2-10(18)4-12(13)16-15(24)7-21-23-16/h2-4,6-7,25H,5,8H2,1H3,(H,21,23)(H,19,20,22). The molecular formula is C17H15FN6O2. The van der Waals surface area contributed by atoms with Crippen molar-refractivity contribution in [3.05, 3.63) is 42.1 Å². The highest BCUT2D eigenvalue weighted by Crippen LogP contribution is 2.31. The molecule has 3 N–H and O–H groups in total. The van der Waals surface area contributed by atoms with E-state index in [0.29, 0.717) is 17.0 Å². The Labute approximate surface area is 146 Å². The van der Waals surface area contributed by atoms with Crippen molar-refractivity contribution in [2.45, 2.75) is 6.92 Å². The van der Waals surface area contributed by atoms with E-state index in [0.717, 1.165) is 22.2 Å². The smallest absolute Gasteiger partial charge is 0.223 e. The zero-order valence-electron chi connectivity index (χ0n) is 13.8. The Morgan fingerprint density at radius 3 is 2.96 bits per heavy atom. The number of H-pyrrole nitrogens is 1. The number of Topliss-reactive ketones (excluding diaryl/α,β-unsaturated/α-hetero) is 1. The second kappa shape index (κ2) is 6.19. The van der Waals surface area contributed by atoms with Crippen LogP contribution in [0.5, 0.6) is 0 Å². The number of fused-ring (bicyclic) bond motifs is 3. The van der Waals surface area contributed by atoms with E-state index < -0.39 is 6.61 Å². The predicted molar refractivity (Wildman–Crippen MR) is 93.8 cm³/mol. The highest BCUT2D eigenvalue weighted by Gasteiger charge is 2.17. The summed E-state index contributed by atoms with van der Waals surface area (Å²) in [6, 6.07) is 4.56. The number of halogens is 1. The molecule has 0 aliphatic rings. The van der Waals surface area contributed by atoms with Crippen LogP contribution < -0.4 is 5.32 Å². The van der Waals surface area contributed by atoms with Crippen LogP contribution in [0.3, 0.4) is 0 Å². The Morgan fingerprint density at radius 1 is 1.35 bits per heavy atom. The number of hydrogen-bond donors (Lipinski definition) is 3. The summed E-state index contributed by atoms with van der Waals surface area (Å²) in [4.78, 5) is 19.8. The summed E-state index contributed by atoms with van der Waals surface area (Å²) in [7, 11) is 0. The SMILES string of the molecule is Cc1nc(NCC(=O)CO)ncc1-n1c2ccc(F)cc2c2[nH]ncc21. The number of hydrogen-bond acceptors (Lipinski definition) is 6. The van der Waals surface area contributed by atoms with Crippen LogP contribution in [-0.2, 0) is 4.79 Å². The first-order valence-electron chi connectivity index (χ1n) is 7.92. The Hall–Kier alpha value is -3.33. The molecule has 0 aliphatic heterocycles. The molecular weight excluding hydrogens is 339 g/mol. The van der Waals surface area contributed by atoms with Crippen molar-refractivity contribution in [2.24, 2.45) is 0 Å². The molecule has 0 saturated heterocycles. The lowest BCUT2D eigenvalue weighted by Gasteiger charge is -2.11. The highest BCUT2D eigenvalue weighted by molar-refractivity contribution is 6.06. The minimum absolute atomic E-state index is 0.0486. The number of nitrogens with one attached hydrogen (secondary N) is 2. The van der Waals surface area contributed by atoms with Gasteiger partial charge >= 0.3 is 0 Å². The van der Waals surface area contributed by atoms with Crippen molar-refractivity contribution in [1.29, 1.82) is 0 Å². The molecule has 0 atom stereocenters. The summed E-state index contributed by atoms with van der Waals surface area (Å²) < 4.78 is 15.6. The van der Waals surface area contributed by atoms with Gasteiger partial charge in [-0.25, -0.2) is 14.4 Å². The third kappa shape index (κ3) is 2.58. The molecule has 3 aromatic heterocycles. The van der Waals surface area contributed by atoms with Gasteiger partial charge in [-0.1, -0.05) is 0 Å². The molecule has 0 fully saturated rings. The average Bonchev–Trinajstić information content (AvgIpc) is 3.21. The highest BCUT2D eigenvalue weighted by atomic mass is 19.1. The molecule has 0 amide bonds. The fourth-order valence-corrected chi connectivity index (χ4v) is 2.94. The molecule has 8 nitrogen and oxygen atoms in total. The fraction of sp³-hybridized carbons (Fsp3) is 0.176. The summed E-state index contributed by atoms with van der Waals surface area (Å²) in [5.41, 5.74) is 3.71. The Balaban J connectivity index is 1.82. The third-order valence-corrected chi connectivity index (χ3v) is 4.14. The van der Waals surface area contributed by atoms with Crippen molar-refractivity contribution < 1.29 is 14.3 Å². The minimum atomic E-state index is -0.533. The lowest BCUT2D eigenvalue weighted by Crippen LogP contribution is -2.18. The molecule has 0 spiro atoms. The molecule has 0 unspecified atom stereocenters. The van der Waals surface area contributed by atoms with E-state index in [-0.39, 0.29) is 18.1 Å². The Kier molecular flexibility index (Phi) is 3.85. The minimum Gasteiger partial charge on any atom is -0.389 e. The van der Waals surface area contributed by atoms with Gasteiger partial charge < -0.3 is 15.0 Å². The molecule has 4 aromatic rings. The van der Waals surface area contributed by atoms with Gasteiger partial charge in [0.15, 0.2) is 5.78 Å². The van der Waals surface area contributed by atoms with Crippen LogP contribution in [0.2, 0.25) is 0 Å². The van der Waals surface area contributed by atoms with E-state index in [1.165, 1.54) is 12.1 Å². The molecule has 0 radical (unpaired) electrons. The first-order chi connectivity index (χ1) is 12.6. The number of aliphatic hydroxyl groups excluding tert-OH is 1. The van der Waals surface area contributed by atoms with Crippen molar-refractivity contribution in [2.75, 3.05) is 18.5 Å². The van der Waals surface area contributed by atoms with Crippen molar-refractivity contribution in [1.82, 2.24) is 24.7 Å². The average molecular weight is 354 g/mol. The van der Waals surface area contributed by atoms with Crippen LogP contribution in [0, 0.1) is 12.7 Å². The van der Waals surface area contributed by atoms with Gasteiger partial charge in [0.25, 0.3) is 0 Å². The number of benzene rings is 1. The fourth-order valence-electron chi connectivity index (χ4n) is 2.94. The number of carbonyl (C=O) groups is 1. The maximum absolute atomic E-state index is 13.7. The number of aromatic amines is 1. The summed E-state index contributed by atoms with van der Waals surface area (Å²) in [6.07, 6.45) is 3.29. The lowest BCUT2D eigenvalue weighted by molar-refractivity contribution is -0.120. The maximum atomic E-state index is 13.7. The van der Waals surface area contributed by atoms with Crippen molar-refractivity contribution in [3.8, 4) is 5.69 Å². The van der Waals surface area contributed by atoms with Gasteiger partial charge in [-0.05, 0) is 25.1 Å². The number of rotatable bonds is 5. The van der Waals surface area contributed by atoms with Gasteiger partial charge in [-0.3, -0.25) is 9.89 Å². The Morgan fingerprint density at radius 2 is 2.19 bits per heavy atom. The van der Waals surface area contributed by atoms with E-state index in [2.05, 4.69) is 25.5 Å². The van der Waals surface area contributed by atoms with E-state index in [9.17, 15) is 9.18 Å². The summed E-state index contributed by atoms with van der Waals surface area (Å²) in [6.45, 7) is 1.23. The monoisotopic (exact) mass is 354 g/mol. The number of aliphatic hydroxyl groups is 1. The number of aryl methyl sites for hydroxylation is 1. The summed E-state index contributed by atoms with van der Waals surface area (Å²) >= 11 is 0. The third-order valence-electron chi connectivity index (χ3n) is 4.14. The molecule has 132 valence electrons. The van der Waals surface area contributed by atoms with Gasteiger partial charge in [-0.15, -0.1) is 0 Å². The molecule has 4 rings (SSSR count). The lowest BCUT2D eigenvalue weighted by atomic mass is 10.2. The normalized spacial score (nSPS) is 11.3. The molecule has 26 heavy (non-hydrogen) atoms. The zero-order valence-corrected chi connectivity index (χ0v) is 13.8. The number of ketones is 1. The molecule has 9 heteroatoms. The van der Waals surface area contributed by atoms with Gasteiger partial charge in [0.05, 0.1) is 46.9 Å². The first kappa shape index (κ1) is 16.2. The second-order valence-electron chi connectivity index (χ2n) is 5.84. The Bertz CT molecular complexity index is 1130. The molecule has 0 bridgehead atoms. The van der Waals surface area contributed by atoms with Crippen LogP contribution in [0.4, 0.5) is 10.3 Å². The topological polar surface area (TPSA) is 109 Å². The number of nitrogens with zero attached hydrogens (tertiary/aromatic N) is 4. The number of anilines is 1. The van der Waals surface area contributed by atoms with E-state index in [4.69, 9.17) is 5.11 Å². The van der Waals surface area contributed by atoms with Crippen LogP contribution in [-0.4, -0.2) is 48.8 Å². The van der Waals surface area contributed by atoms with Crippen LogP contribution in [0.15, 0.2) is 30.6 Å². The van der Waals surface area contributed by atoms with E-state index in [1.807, 2.05) is 11.5 Å². The zero-order chi connectivity index (χ0) is 18.3. The largest absolute Gasteiger partial charge is 0.389 e. The molecule has 1 aromatic carbocycles. The summed E-state index contributed by atoms with van der Waals surface area (Å²) in [5, 5.41) is 19.2. The first-order valence-corrected chi connectivity index (χ1v) is 7.92. The molecule has 0 saturated carbocycles. The van der Waals surface area contributed by atoms with Crippen LogP contribution in [0.25, 0.3) is 27.6 Å². The second-order valence-corrected chi connectivity index (χ2v) is 5.84. The predicted octanol–water partition coefficient (Wildman–Crippen LogP) is 1.72. The van der Waals surface area contributed by atoms with Crippen molar-refractivity contribution in [3.63, 3.8) is 0 Å². The van der Waals surface area contributed by atoms with Crippen LogP contribution >= 0.6 is 0 Å². The van der Waals surface area contributed by atoms with Crippen LogP contribution in [0.1, 0.15) is 5.69 Å². The van der Waals surface area contributed by atoms with Gasteiger partial charge in [0, 0.05) is 5.39 Å². The van der Waals surface area contributed by atoms with Gasteiger partial charge in [0.2, 0.25) is 5.95 Å². The van der Waals surface area contributed by atoms with E-state index >= 15 is 0 Å². The molecule has 0 aliphatic carbocycles. The summed E-state index contributed by atoms with van der Waals surface area (Å²) in [5.74, 6) is -0.389.